The molecular weight excluding hydrogens is 354 g/mol. The van der Waals surface area contributed by atoms with E-state index in [1.54, 1.807) is 6.92 Å². The zero-order valence-electron chi connectivity index (χ0n) is 15.8. The van der Waals surface area contributed by atoms with Gasteiger partial charge >= 0.3 is 6.03 Å². The van der Waals surface area contributed by atoms with Crippen LogP contribution in [0.15, 0.2) is 0 Å². The van der Waals surface area contributed by atoms with Gasteiger partial charge in [-0.3, -0.25) is 10.2 Å². The van der Waals surface area contributed by atoms with Crippen LogP contribution >= 0.6 is 11.3 Å². The van der Waals surface area contributed by atoms with E-state index in [4.69, 9.17) is 4.74 Å². The van der Waals surface area contributed by atoms with Crippen molar-refractivity contribution in [3.8, 4) is 0 Å². The molecule has 9 heteroatoms. The summed E-state index contributed by atoms with van der Waals surface area (Å²) in [5, 5.41) is 3.63. The van der Waals surface area contributed by atoms with Crippen molar-refractivity contribution in [2.45, 2.75) is 52.5 Å². The summed E-state index contributed by atoms with van der Waals surface area (Å²) < 4.78 is 5.33. The van der Waals surface area contributed by atoms with Crippen LogP contribution in [0.2, 0.25) is 0 Å². The smallest absolute Gasteiger partial charge is 0.333 e. The summed E-state index contributed by atoms with van der Waals surface area (Å²) in [5.41, 5.74) is 5.53. The highest BCUT2D eigenvalue weighted by Gasteiger charge is 2.20. The first-order chi connectivity index (χ1) is 12.5. The first kappa shape index (κ1) is 20.4. The maximum Gasteiger partial charge on any atom is 0.333 e. The highest BCUT2D eigenvalue weighted by Crippen LogP contribution is 2.26. The van der Waals surface area contributed by atoms with Gasteiger partial charge in [0.15, 0.2) is 5.13 Å². The third-order valence-corrected chi connectivity index (χ3v) is 5.40. The van der Waals surface area contributed by atoms with Crippen molar-refractivity contribution >= 4 is 28.4 Å². The number of hydrogen-bond donors (Lipinski definition) is 3. The molecule has 3 amide bonds. The number of rotatable bonds is 7. The number of carbonyl (C=O) groups is 2. The van der Waals surface area contributed by atoms with Crippen LogP contribution in [0.4, 0.5) is 9.93 Å². The third kappa shape index (κ3) is 6.14. The third-order valence-electron chi connectivity index (χ3n) is 4.18. The molecule has 1 fully saturated rings. The van der Waals surface area contributed by atoms with Crippen molar-refractivity contribution in [1.82, 2.24) is 21.2 Å². The van der Waals surface area contributed by atoms with Crippen LogP contribution in [0.5, 0.6) is 0 Å². The second-order valence-electron chi connectivity index (χ2n) is 6.46. The van der Waals surface area contributed by atoms with Crippen molar-refractivity contribution < 1.29 is 14.3 Å². The standard InChI is InChI=1S/C17H29N5O3S/c1-4-5-6-7-12(2)18-16(24)21-20-15(23)14-13(3)19-17(26-14)22-8-10-25-11-9-22/h12H,4-11H2,1-3H3,(H,20,23)(H2,18,21,24). The molecule has 2 heterocycles. The summed E-state index contributed by atoms with van der Waals surface area (Å²) in [6.45, 7) is 8.77. The van der Waals surface area contributed by atoms with E-state index in [0.717, 1.165) is 43.9 Å². The van der Waals surface area contributed by atoms with E-state index in [1.807, 2.05) is 6.92 Å². The molecule has 146 valence electrons. The Morgan fingerprint density at radius 1 is 1.27 bits per heavy atom. The van der Waals surface area contributed by atoms with Crippen LogP contribution in [0.25, 0.3) is 0 Å². The van der Waals surface area contributed by atoms with E-state index < -0.39 is 6.03 Å². The number of hydrogen-bond acceptors (Lipinski definition) is 6. The SMILES string of the molecule is CCCCCC(C)NC(=O)NNC(=O)c1sc(N2CCOCC2)nc1C. The largest absolute Gasteiger partial charge is 0.378 e. The number of unbranched alkanes of at least 4 members (excludes halogenated alkanes) is 2. The zero-order valence-corrected chi connectivity index (χ0v) is 16.6. The fourth-order valence-corrected chi connectivity index (χ4v) is 3.70. The second-order valence-corrected chi connectivity index (χ2v) is 7.44. The topological polar surface area (TPSA) is 95.6 Å². The van der Waals surface area contributed by atoms with Crippen molar-refractivity contribution in [2.24, 2.45) is 0 Å². The normalized spacial score (nSPS) is 15.4. The van der Waals surface area contributed by atoms with Gasteiger partial charge in [-0.2, -0.15) is 0 Å². The fourth-order valence-electron chi connectivity index (χ4n) is 2.69. The summed E-state index contributed by atoms with van der Waals surface area (Å²) in [5.74, 6) is -0.353. The maximum atomic E-state index is 12.3. The molecule has 1 saturated heterocycles. The number of hydrazine groups is 1. The van der Waals surface area contributed by atoms with E-state index in [0.29, 0.717) is 23.8 Å². The van der Waals surface area contributed by atoms with Crippen molar-refractivity contribution in [1.29, 1.82) is 0 Å². The van der Waals surface area contributed by atoms with Crippen molar-refractivity contribution in [3.63, 3.8) is 0 Å². The molecular formula is C17H29N5O3S. The molecule has 1 aromatic rings. The average Bonchev–Trinajstić information content (AvgIpc) is 3.02. The van der Waals surface area contributed by atoms with Gasteiger partial charge in [-0.05, 0) is 20.3 Å². The number of thiazole rings is 1. The monoisotopic (exact) mass is 383 g/mol. The lowest BCUT2D eigenvalue weighted by molar-refractivity contribution is 0.0939. The molecule has 26 heavy (non-hydrogen) atoms. The minimum Gasteiger partial charge on any atom is -0.378 e. The van der Waals surface area contributed by atoms with Gasteiger partial charge in [0, 0.05) is 19.1 Å². The van der Waals surface area contributed by atoms with E-state index in [2.05, 4.69) is 33.0 Å². The highest BCUT2D eigenvalue weighted by atomic mass is 32.1. The predicted octanol–water partition coefficient (Wildman–Crippen LogP) is 2.20. The second kappa shape index (κ2) is 10.3. The van der Waals surface area contributed by atoms with Crippen LogP contribution in [0.3, 0.4) is 0 Å². The average molecular weight is 384 g/mol. The fraction of sp³-hybridized carbons (Fsp3) is 0.706. The Morgan fingerprint density at radius 2 is 2.00 bits per heavy atom. The number of urea groups is 1. The highest BCUT2D eigenvalue weighted by molar-refractivity contribution is 7.17. The number of aryl methyl sites for hydroxylation is 1. The summed E-state index contributed by atoms with van der Waals surface area (Å²) >= 11 is 1.33. The molecule has 2 rings (SSSR count). The van der Waals surface area contributed by atoms with Crippen LogP contribution in [-0.4, -0.2) is 49.3 Å². The zero-order chi connectivity index (χ0) is 18.9. The molecule has 1 unspecified atom stereocenters. The van der Waals surface area contributed by atoms with Gasteiger partial charge in [-0.1, -0.05) is 37.5 Å². The Kier molecular flexibility index (Phi) is 8.11. The number of nitrogens with zero attached hydrogens (tertiary/aromatic N) is 2. The van der Waals surface area contributed by atoms with Gasteiger partial charge in [-0.15, -0.1) is 0 Å². The van der Waals surface area contributed by atoms with Crippen LogP contribution in [0, 0.1) is 6.92 Å². The van der Waals surface area contributed by atoms with Crippen molar-refractivity contribution in [3.05, 3.63) is 10.6 Å². The molecule has 0 spiro atoms. The van der Waals surface area contributed by atoms with E-state index >= 15 is 0 Å². The quantitative estimate of drug-likeness (QED) is 0.496. The first-order valence-corrected chi connectivity index (χ1v) is 9.99. The minimum atomic E-state index is -0.405. The lowest BCUT2D eigenvalue weighted by atomic mass is 10.1. The Labute approximate surface area is 158 Å². The van der Waals surface area contributed by atoms with Gasteiger partial charge in [0.05, 0.1) is 18.9 Å². The van der Waals surface area contributed by atoms with E-state index in [9.17, 15) is 9.59 Å². The molecule has 0 aliphatic carbocycles. The Balaban J connectivity index is 1.80. The molecule has 1 aromatic heterocycles. The number of nitrogens with one attached hydrogen (secondary N) is 3. The molecule has 0 bridgehead atoms. The summed E-state index contributed by atoms with van der Waals surface area (Å²) in [7, 11) is 0. The Hall–Kier alpha value is -1.87. The summed E-state index contributed by atoms with van der Waals surface area (Å²) in [4.78, 5) is 31.3. The molecule has 0 radical (unpaired) electrons. The summed E-state index contributed by atoms with van der Waals surface area (Å²) in [6.07, 6.45) is 4.30. The predicted molar refractivity (Wildman–Crippen MR) is 103 cm³/mol. The Morgan fingerprint density at radius 3 is 2.69 bits per heavy atom. The maximum absolute atomic E-state index is 12.3. The molecule has 1 aliphatic rings. The van der Waals surface area contributed by atoms with Crippen LogP contribution < -0.4 is 21.1 Å². The van der Waals surface area contributed by atoms with Gasteiger partial charge in [0.1, 0.15) is 4.88 Å². The van der Waals surface area contributed by atoms with Gasteiger partial charge in [-0.25, -0.2) is 15.2 Å². The van der Waals surface area contributed by atoms with E-state index in [-0.39, 0.29) is 11.9 Å². The van der Waals surface area contributed by atoms with Gasteiger partial charge in [0.2, 0.25) is 0 Å². The van der Waals surface area contributed by atoms with E-state index in [1.165, 1.54) is 11.3 Å². The Bertz CT molecular complexity index is 601. The van der Waals surface area contributed by atoms with Gasteiger partial charge < -0.3 is 15.0 Å². The van der Waals surface area contributed by atoms with Crippen molar-refractivity contribution in [2.75, 3.05) is 31.2 Å². The van der Waals surface area contributed by atoms with Gasteiger partial charge in [0.25, 0.3) is 5.91 Å². The lowest BCUT2D eigenvalue weighted by Gasteiger charge is -2.25. The number of amides is 3. The van der Waals surface area contributed by atoms with Crippen LogP contribution in [-0.2, 0) is 4.74 Å². The molecule has 1 atom stereocenters. The number of carbonyl (C=O) groups excluding carboxylic acids is 2. The molecule has 1 aliphatic heterocycles. The molecule has 8 nitrogen and oxygen atoms in total. The number of morpholine rings is 1. The number of ether oxygens (including phenoxy) is 1. The summed E-state index contributed by atoms with van der Waals surface area (Å²) in [6, 6.07) is -0.338. The first-order valence-electron chi connectivity index (χ1n) is 9.18. The molecule has 0 saturated carbocycles. The molecule has 3 N–H and O–H groups in total. The lowest BCUT2D eigenvalue weighted by Crippen LogP contribution is -2.49. The van der Waals surface area contributed by atoms with Crippen LogP contribution in [0.1, 0.15) is 54.9 Å². The molecule has 0 aromatic carbocycles. The number of aromatic nitrogens is 1. The minimum absolute atomic E-state index is 0.0662. The number of anilines is 1.